The molecule has 1 heteroatoms. The normalized spacial score (nSPS) is 31.5. The summed E-state index contributed by atoms with van der Waals surface area (Å²) in [6, 6.07) is 10.3. The first kappa shape index (κ1) is 10.8. The molecular formula is C16H18O. The number of rotatable bonds is 3. The zero-order chi connectivity index (χ0) is 11.7. The maximum atomic E-state index is 12.0. The molecule has 3 rings (SSSR count). The van der Waals surface area contributed by atoms with Crippen LogP contribution in [0.2, 0.25) is 0 Å². The summed E-state index contributed by atoms with van der Waals surface area (Å²) in [5.74, 6) is 1.97. The first-order valence-corrected chi connectivity index (χ1v) is 6.60. The van der Waals surface area contributed by atoms with Crippen LogP contribution in [0.5, 0.6) is 0 Å². The number of benzene rings is 1. The van der Waals surface area contributed by atoms with Gasteiger partial charge in [-0.05, 0) is 37.2 Å². The summed E-state index contributed by atoms with van der Waals surface area (Å²) in [4.78, 5) is 12.0. The SMILES string of the molecule is O=C1[C@@H]2CC[C@@H](C2)[C@H]1C/C=C/c1ccccc1. The van der Waals surface area contributed by atoms with Gasteiger partial charge in [-0.25, -0.2) is 0 Å². The second kappa shape index (κ2) is 4.48. The molecule has 2 aliphatic carbocycles. The summed E-state index contributed by atoms with van der Waals surface area (Å²) in [6.45, 7) is 0. The molecule has 0 unspecified atom stereocenters. The lowest BCUT2D eigenvalue weighted by Crippen LogP contribution is -2.21. The van der Waals surface area contributed by atoms with Crippen LogP contribution in [-0.2, 0) is 4.79 Å². The Morgan fingerprint density at radius 1 is 1.18 bits per heavy atom. The highest BCUT2D eigenvalue weighted by molar-refractivity contribution is 5.87. The molecule has 88 valence electrons. The van der Waals surface area contributed by atoms with E-state index in [2.05, 4.69) is 24.3 Å². The summed E-state index contributed by atoms with van der Waals surface area (Å²) < 4.78 is 0. The molecule has 2 bridgehead atoms. The summed E-state index contributed by atoms with van der Waals surface area (Å²) >= 11 is 0. The van der Waals surface area contributed by atoms with E-state index in [1.807, 2.05) is 18.2 Å². The van der Waals surface area contributed by atoms with Gasteiger partial charge in [0.15, 0.2) is 0 Å². The minimum Gasteiger partial charge on any atom is -0.299 e. The largest absolute Gasteiger partial charge is 0.299 e. The topological polar surface area (TPSA) is 17.1 Å². The third kappa shape index (κ3) is 2.06. The number of Topliss-reactive ketones (excluding diaryl/α,β-unsaturated/α-hetero) is 1. The highest BCUT2D eigenvalue weighted by Gasteiger charge is 2.45. The molecule has 0 aromatic heterocycles. The Morgan fingerprint density at radius 3 is 2.71 bits per heavy atom. The quantitative estimate of drug-likeness (QED) is 0.768. The summed E-state index contributed by atoms with van der Waals surface area (Å²) in [5.41, 5.74) is 1.23. The molecule has 1 nitrogen and oxygen atoms in total. The molecule has 2 aliphatic rings. The molecule has 0 spiro atoms. The van der Waals surface area contributed by atoms with Crippen LogP contribution in [0.3, 0.4) is 0 Å². The predicted molar refractivity (Wildman–Crippen MR) is 69.4 cm³/mol. The van der Waals surface area contributed by atoms with Gasteiger partial charge in [-0.1, -0.05) is 42.5 Å². The maximum Gasteiger partial charge on any atom is 0.139 e. The molecule has 2 fully saturated rings. The van der Waals surface area contributed by atoms with Crippen molar-refractivity contribution in [2.24, 2.45) is 17.8 Å². The van der Waals surface area contributed by atoms with E-state index in [4.69, 9.17) is 0 Å². The molecule has 1 aromatic rings. The molecule has 0 radical (unpaired) electrons. The van der Waals surface area contributed by atoms with E-state index in [0.717, 1.165) is 12.8 Å². The summed E-state index contributed by atoms with van der Waals surface area (Å²) in [7, 11) is 0. The van der Waals surface area contributed by atoms with Crippen molar-refractivity contribution >= 4 is 11.9 Å². The molecular weight excluding hydrogens is 208 g/mol. The van der Waals surface area contributed by atoms with Crippen LogP contribution in [0.15, 0.2) is 36.4 Å². The lowest BCUT2D eigenvalue weighted by atomic mass is 9.85. The van der Waals surface area contributed by atoms with Crippen molar-refractivity contribution in [1.82, 2.24) is 0 Å². The van der Waals surface area contributed by atoms with Crippen molar-refractivity contribution in [3.8, 4) is 0 Å². The highest BCUT2D eigenvalue weighted by atomic mass is 16.1. The number of hydrogen-bond acceptors (Lipinski definition) is 1. The van der Waals surface area contributed by atoms with Gasteiger partial charge in [-0.3, -0.25) is 4.79 Å². The van der Waals surface area contributed by atoms with E-state index < -0.39 is 0 Å². The van der Waals surface area contributed by atoms with Crippen molar-refractivity contribution < 1.29 is 4.79 Å². The van der Waals surface area contributed by atoms with Crippen molar-refractivity contribution in [2.45, 2.75) is 25.7 Å². The Bertz CT molecular complexity index is 432. The fraction of sp³-hybridized carbons (Fsp3) is 0.438. The summed E-state index contributed by atoms with van der Waals surface area (Å²) in [5, 5.41) is 0. The third-order valence-electron chi connectivity index (χ3n) is 4.31. The predicted octanol–water partition coefficient (Wildman–Crippen LogP) is 3.71. The average Bonchev–Trinajstić information content (AvgIpc) is 2.94. The van der Waals surface area contributed by atoms with Gasteiger partial charge < -0.3 is 0 Å². The monoisotopic (exact) mass is 226 g/mol. The number of fused-ring (bicyclic) bond motifs is 2. The van der Waals surface area contributed by atoms with Gasteiger partial charge in [0.05, 0.1) is 0 Å². The smallest absolute Gasteiger partial charge is 0.139 e. The minimum absolute atomic E-state index is 0.328. The lowest BCUT2D eigenvalue weighted by Gasteiger charge is -2.18. The lowest BCUT2D eigenvalue weighted by molar-refractivity contribution is -0.125. The zero-order valence-electron chi connectivity index (χ0n) is 10.0. The van der Waals surface area contributed by atoms with Gasteiger partial charge in [0.25, 0.3) is 0 Å². The Kier molecular flexibility index (Phi) is 2.84. The molecule has 0 heterocycles. The van der Waals surface area contributed by atoms with E-state index in [1.165, 1.54) is 18.4 Å². The first-order chi connectivity index (χ1) is 8.34. The second-order valence-electron chi connectivity index (χ2n) is 5.33. The molecule has 0 saturated heterocycles. The average molecular weight is 226 g/mol. The number of allylic oxidation sites excluding steroid dienone is 1. The van der Waals surface area contributed by atoms with E-state index in [0.29, 0.717) is 23.5 Å². The van der Waals surface area contributed by atoms with E-state index in [-0.39, 0.29) is 0 Å². The Balaban J connectivity index is 1.62. The van der Waals surface area contributed by atoms with E-state index in [1.54, 1.807) is 0 Å². The molecule has 0 amide bonds. The molecule has 2 saturated carbocycles. The maximum absolute atomic E-state index is 12.0. The molecule has 3 atom stereocenters. The van der Waals surface area contributed by atoms with Gasteiger partial charge in [0.2, 0.25) is 0 Å². The summed E-state index contributed by atoms with van der Waals surface area (Å²) in [6.07, 6.45) is 8.86. The van der Waals surface area contributed by atoms with Crippen LogP contribution in [-0.4, -0.2) is 5.78 Å². The zero-order valence-corrected chi connectivity index (χ0v) is 10.0. The fourth-order valence-electron chi connectivity index (χ4n) is 3.40. The number of hydrogen-bond donors (Lipinski definition) is 0. The van der Waals surface area contributed by atoms with Gasteiger partial charge >= 0.3 is 0 Å². The molecule has 1 aromatic carbocycles. The van der Waals surface area contributed by atoms with Crippen molar-refractivity contribution in [1.29, 1.82) is 0 Å². The molecule has 17 heavy (non-hydrogen) atoms. The Morgan fingerprint density at radius 2 is 2.00 bits per heavy atom. The van der Waals surface area contributed by atoms with Crippen LogP contribution in [0.4, 0.5) is 0 Å². The van der Waals surface area contributed by atoms with Gasteiger partial charge in [0, 0.05) is 11.8 Å². The highest BCUT2D eigenvalue weighted by Crippen LogP contribution is 2.47. The van der Waals surface area contributed by atoms with E-state index in [9.17, 15) is 4.79 Å². The molecule has 0 N–H and O–H groups in total. The number of ketones is 1. The van der Waals surface area contributed by atoms with Gasteiger partial charge in [-0.15, -0.1) is 0 Å². The van der Waals surface area contributed by atoms with Crippen LogP contribution in [0.25, 0.3) is 6.08 Å². The fourth-order valence-corrected chi connectivity index (χ4v) is 3.40. The van der Waals surface area contributed by atoms with Crippen molar-refractivity contribution in [2.75, 3.05) is 0 Å². The Hall–Kier alpha value is -1.37. The third-order valence-corrected chi connectivity index (χ3v) is 4.31. The van der Waals surface area contributed by atoms with Crippen LogP contribution >= 0.6 is 0 Å². The van der Waals surface area contributed by atoms with Gasteiger partial charge in [0.1, 0.15) is 5.78 Å². The second-order valence-corrected chi connectivity index (χ2v) is 5.33. The first-order valence-electron chi connectivity index (χ1n) is 6.60. The minimum atomic E-state index is 0.328. The number of carbonyl (C=O) groups is 1. The molecule has 0 aliphatic heterocycles. The van der Waals surface area contributed by atoms with Gasteiger partial charge in [-0.2, -0.15) is 0 Å². The van der Waals surface area contributed by atoms with Crippen LogP contribution in [0.1, 0.15) is 31.2 Å². The van der Waals surface area contributed by atoms with Crippen molar-refractivity contribution in [3.05, 3.63) is 42.0 Å². The number of carbonyl (C=O) groups excluding carboxylic acids is 1. The van der Waals surface area contributed by atoms with Crippen LogP contribution in [0, 0.1) is 17.8 Å². The van der Waals surface area contributed by atoms with E-state index >= 15 is 0 Å². The van der Waals surface area contributed by atoms with Crippen LogP contribution < -0.4 is 0 Å². The Labute approximate surface area is 103 Å². The van der Waals surface area contributed by atoms with Crippen molar-refractivity contribution in [3.63, 3.8) is 0 Å². The standard InChI is InChI=1S/C16H18O/c17-16-14-10-9-13(11-14)15(16)8-4-7-12-5-2-1-3-6-12/h1-7,13-15H,8-11H2/b7-4+/t13-,14+,15+/m0/s1.